The first-order valence-electron chi connectivity index (χ1n) is 9.48. The third-order valence-electron chi connectivity index (χ3n) is 4.98. The second kappa shape index (κ2) is 8.84. The molecule has 2 aromatic rings. The number of methoxy groups -OCH3 is 2. The van der Waals surface area contributed by atoms with E-state index in [0.717, 1.165) is 12.8 Å². The fraction of sp³-hybridized carbons (Fsp3) is 0.381. The van der Waals surface area contributed by atoms with Gasteiger partial charge in [-0.3, -0.25) is 4.79 Å². The van der Waals surface area contributed by atoms with E-state index in [9.17, 15) is 13.2 Å². The molecule has 0 spiro atoms. The fourth-order valence-electron chi connectivity index (χ4n) is 3.37. The highest BCUT2D eigenvalue weighted by atomic mass is 32.2. The predicted octanol–water partition coefficient (Wildman–Crippen LogP) is 3.38. The summed E-state index contributed by atoms with van der Waals surface area (Å²) in [6, 6.07) is 11.1. The van der Waals surface area contributed by atoms with Crippen LogP contribution in [-0.4, -0.2) is 45.9 Å². The summed E-state index contributed by atoms with van der Waals surface area (Å²) in [6.07, 6.45) is 1.91. The summed E-state index contributed by atoms with van der Waals surface area (Å²) in [6.45, 7) is 3.12. The molecule has 0 saturated carbocycles. The number of rotatable bonds is 6. The predicted molar refractivity (Wildman–Crippen MR) is 111 cm³/mol. The SMILES string of the molecule is COc1cc(NC(=O)c2ccc(S(=O)(=O)N3CCC[C@H](C)C3)cc2)cc(OC)c1. The fourth-order valence-corrected chi connectivity index (χ4v) is 4.97. The number of carbonyl (C=O) groups is 1. The number of piperidine rings is 1. The number of benzene rings is 2. The number of carbonyl (C=O) groups excluding carboxylic acids is 1. The van der Waals surface area contributed by atoms with Crippen molar-refractivity contribution >= 4 is 21.6 Å². The lowest BCUT2D eigenvalue weighted by Gasteiger charge is -2.30. The number of anilines is 1. The number of sulfonamides is 1. The zero-order valence-corrected chi connectivity index (χ0v) is 17.7. The van der Waals surface area contributed by atoms with E-state index < -0.39 is 10.0 Å². The van der Waals surface area contributed by atoms with Crippen molar-refractivity contribution < 1.29 is 22.7 Å². The second-order valence-corrected chi connectivity index (χ2v) is 9.13. The van der Waals surface area contributed by atoms with Crippen LogP contribution in [0.4, 0.5) is 5.69 Å². The molecule has 1 fully saturated rings. The van der Waals surface area contributed by atoms with E-state index in [2.05, 4.69) is 12.2 Å². The van der Waals surface area contributed by atoms with E-state index in [1.165, 1.54) is 42.8 Å². The lowest BCUT2D eigenvalue weighted by atomic mass is 10.0. The van der Waals surface area contributed by atoms with Gasteiger partial charge in [0.1, 0.15) is 11.5 Å². The van der Waals surface area contributed by atoms with Crippen LogP contribution < -0.4 is 14.8 Å². The normalized spacial score (nSPS) is 17.6. The smallest absolute Gasteiger partial charge is 0.255 e. The van der Waals surface area contributed by atoms with Crippen LogP contribution in [0.3, 0.4) is 0 Å². The molecule has 1 amide bonds. The molecule has 0 unspecified atom stereocenters. The third kappa shape index (κ3) is 4.89. The van der Waals surface area contributed by atoms with Crippen LogP contribution in [0.5, 0.6) is 11.5 Å². The Kier molecular flexibility index (Phi) is 6.44. The maximum absolute atomic E-state index is 12.8. The molecule has 2 aromatic carbocycles. The molecule has 0 radical (unpaired) electrons. The van der Waals surface area contributed by atoms with Crippen LogP contribution in [0.1, 0.15) is 30.1 Å². The first-order valence-corrected chi connectivity index (χ1v) is 10.9. The number of ether oxygens (including phenoxy) is 2. The van der Waals surface area contributed by atoms with Crippen LogP contribution in [0, 0.1) is 5.92 Å². The zero-order chi connectivity index (χ0) is 21.0. The summed E-state index contributed by atoms with van der Waals surface area (Å²) in [7, 11) is -0.485. The number of nitrogens with zero attached hydrogens (tertiary/aromatic N) is 1. The minimum absolute atomic E-state index is 0.200. The molecule has 0 aromatic heterocycles. The highest BCUT2D eigenvalue weighted by molar-refractivity contribution is 7.89. The average molecular weight is 419 g/mol. The molecule has 1 heterocycles. The molecule has 1 N–H and O–H groups in total. The minimum atomic E-state index is -3.55. The van der Waals surface area contributed by atoms with Gasteiger partial charge in [-0.25, -0.2) is 8.42 Å². The van der Waals surface area contributed by atoms with Crippen molar-refractivity contribution in [2.24, 2.45) is 5.92 Å². The summed E-state index contributed by atoms with van der Waals surface area (Å²) in [5.74, 6) is 1.10. The van der Waals surface area contributed by atoms with Crippen molar-refractivity contribution in [1.29, 1.82) is 0 Å². The molecular weight excluding hydrogens is 392 g/mol. The molecular formula is C21H26N2O5S. The zero-order valence-electron chi connectivity index (χ0n) is 16.8. The second-order valence-electron chi connectivity index (χ2n) is 7.19. The van der Waals surface area contributed by atoms with Crippen molar-refractivity contribution in [3.05, 3.63) is 48.0 Å². The number of nitrogens with one attached hydrogen (secondary N) is 1. The van der Waals surface area contributed by atoms with Gasteiger partial charge in [-0.05, 0) is 43.0 Å². The van der Waals surface area contributed by atoms with Gasteiger partial charge in [-0.15, -0.1) is 0 Å². The largest absolute Gasteiger partial charge is 0.497 e. The van der Waals surface area contributed by atoms with Crippen LogP contribution in [0.25, 0.3) is 0 Å². The Bertz CT molecular complexity index is 951. The summed E-state index contributed by atoms with van der Waals surface area (Å²) in [4.78, 5) is 12.8. The Morgan fingerprint density at radius 3 is 2.24 bits per heavy atom. The lowest BCUT2D eigenvalue weighted by Crippen LogP contribution is -2.39. The Hall–Kier alpha value is -2.58. The van der Waals surface area contributed by atoms with Crippen molar-refractivity contribution in [3.63, 3.8) is 0 Å². The van der Waals surface area contributed by atoms with E-state index in [1.807, 2.05) is 0 Å². The molecule has 8 heteroatoms. The van der Waals surface area contributed by atoms with Crippen LogP contribution in [0.15, 0.2) is 47.4 Å². The quantitative estimate of drug-likeness (QED) is 0.777. The van der Waals surface area contributed by atoms with E-state index >= 15 is 0 Å². The van der Waals surface area contributed by atoms with Gasteiger partial charge in [-0.2, -0.15) is 4.31 Å². The molecule has 1 saturated heterocycles. The third-order valence-corrected chi connectivity index (χ3v) is 6.86. The lowest BCUT2D eigenvalue weighted by molar-refractivity contribution is 0.102. The molecule has 29 heavy (non-hydrogen) atoms. The van der Waals surface area contributed by atoms with Gasteiger partial charge in [0, 0.05) is 42.5 Å². The van der Waals surface area contributed by atoms with Crippen LogP contribution >= 0.6 is 0 Å². The van der Waals surface area contributed by atoms with Crippen molar-refractivity contribution in [2.45, 2.75) is 24.7 Å². The van der Waals surface area contributed by atoms with E-state index in [-0.39, 0.29) is 10.8 Å². The van der Waals surface area contributed by atoms with Gasteiger partial charge >= 0.3 is 0 Å². The van der Waals surface area contributed by atoms with E-state index in [0.29, 0.717) is 41.8 Å². The highest BCUT2D eigenvalue weighted by Gasteiger charge is 2.28. The molecule has 0 bridgehead atoms. The highest BCUT2D eigenvalue weighted by Crippen LogP contribution is 2.27. The Balaban J connectivity index is 1.75. The maximum Gasteiger partial charge on any atom is 0.255 e. The summed E-state index contributed by atoms with van der Waals surface area (Å²) in [5.41, 5.74) is 0.878. The first kappa shape index (κ1) is 21.1. The van der Waals surface area contributed by atoms with Crippen molar-refractivity contribution in [2.75, 3.05) is 32.6 Å². The maximum atomic E-state index is 12.8. The average Bonchev–Trinajstić information content (AvgIpc) is 2.73. The minimum Gasteiger partial charge on any atom is -0.497 e. The molecule has 3 rings (SSSR count). The van der Waals surface area contributed by atoms with Crippen molar-refractivity contribution in [1.82, 2.24) is 4.31 Å². The van der Waals surface area contributed by atoms with Crippen molar-refractivity contribution in [3.8, 4) is 11.5 Å². The Labute approximate surface area is 171 Å². The summed E-state index contributed by atoms with van der Waals surface area (Å²) >= 11 is 0. The van der Waals surface area contributed by atoms with E-state index in [4.69, 9.17) is 9.47 Å². The van der Waals surface area contributed by atoms with Crippen LogP contribution in [0.2, 0.25) is 0 Å². The standard InChI is InChI=1S/C21H26N2O5S/c1-15-5-4-10-23(14-15)29(25,26)20-8-6-16(7-9-20)21(24)22-17-11-18(27-2)13-19(12-17)28-3/h6-9,11-13,15H,4-5,10,14H2,1-3H3,(H,22,24)/t15-/m0/s1. The van der Waals surface area contributed by atoms with Gasteiger partial charge in [0.25, 0.3) is 5.91 Å². The van der Waals surface area contributed by atoms with Gasteiger partial charge in [0.15, 0.2) is 0 Å². The number of hydrogen-bond donors (Lipinski definition) is 1. The molecule has 7 nitrogen and oxygen atoms in total. The van der Waals surface area contributed by atoms with E-state index in [1.54, 1.807) is 18.2 Å². The monoisotopic (exact) mass is 418 g/mol. The number of hydrogen-bond acceptors (Lipinski definition) is 5. The van der Waals surface area contributed by atoms with Crippen LogP contribution in [-0.2, 0) is 10.0 Å². The molecule has 0 aliphatic carbocycles. The van der Waals surface area contributed by atoms with Gasteiger partial charge in [0.05, 0.1) is 19.1 Å². The Morgan fingerprint density at radius 1 is 1.07 bits per heavy atom. The first-order chi connectivity index (χ1) is 13.8. The molecule has 1 aliphatic rings. The summed E-state index contributed by atoms with van der Waals surface area (Å²) < 4.78 is 37.6. The topological polar surface area (TPSA) is 84.9 Å². The number of amides is 1. The Morgan fingerprint density at radius 2 is 1.69 bits per heavy atom. The molecule has 1 atom stereocenters. The summed E-state index contributed by atoms with van der Waals surface area (Å²) in [5, 5.41) is 2.78. The van der Waals surface area contributed by atoms with Gasteiger partial charge < -0.3 is 14.8 Å². The molecule has 1 aliphatic heterocycles. The molecule has 156 valence electrons. The van der Waals surface area contributed by atoms with Gasteiger partial charge in [-0.1, -0.05) is 6.92 Å². The van der Waals surface area contributed by atoms with Gasteiger partial charge in [0.2, 0.25) is 10.0 Å².